The van der Waals surface area contributed by atoms with Gasteiger partial charge in [-0.3, -0.25) is 4.98 Å². The Labute approximate surface area is 183 Å². The summed E-state index contributed by atoms with van der Waals surface area (Å²) in [7, 11) is 3.08. The predicted molar refractivity (Wildman–Crippen MR) is 125 cm³/mol. The van der Waals surface area contributed by atoms with Crippen molar-refractivity contribution in [2.24, 2.45) is 0 Å². The highest BCUT2D eigenvalue weighted by Gasteiger charge is 2.14. The second kappa shape index (κ2) is 11.0. The summed E-state index contributed by atoms with van der Waals surface area (Å²) in [4.78, 5) is 17.3. The third kappa shape index (κ3) is 5.54. The molecule has 0 saturated carbocycles. The molecular weight excluding hydrogens is 390 g/mol. The lowest BCUT2D eigenvalue weighted by Gasteiger charge is -2.25. The van der Waals surface area contributed by atoms with Crippen LogP contribution in [0, 0.1) is 0 Å². The van der Waals surface area contributed by atoms with E-state index in [9.17, 15) is 4.79 Å². The van der Waals surface area contributed by atoms with Crippen LogP contribution in [0.25, 0.3) is 0 Å². The van der Waals surface area contributed by atoms with Crippen LogP contribution >= 0.6 is 0 Å². The minimum Gasteiger partial charge on any atom is -0.493 e. The van der Waals surface area contributed by atoms with Gasteiger partial charge in [0.2, 0.25) is 0 Å². The first-order valence-electron chi connectivity index (χ1n) is 10.5. The smallest absolute Gasteiger partial charge is 0.340 e. The van der Waals surface area contributed by atoms with Crippen LogP contribution in [0.1, 0.15) is 29.3 Å². The fourth-order valence-electron chi connectivity index (χ4n) is 3.50. The first-order valence-corrected chi connectivity index (χ1v) is 10.5. The van der Waals surface area contributed by atoms with Crippen LogP contribution in [-0.2, 0) is 11.2 Å². The first kappa shape index (κ1) is 22.2. The second-order valence-electron chi connectivity index (χ2n) is 6.99. The van der Waals surface area contributed by atoms with E-state index < -0.39 is 0 Å². The number of carbonyl (C=O) groups excluding carboxylic acids is 1. The van der Waals surface area contributed by atoms with E-state index in [2.05, 4.69) is 69.3 Å². The maximum atomic E-state index is 11.1. The Kier molecular flexibility index (Phi) is 7.87. The van der Waals surface area contributed by atoms with Gasteiger partial charge in [-0.25, -0.2) is 4.79 Å². The molecule has 0 atom stereocenters. The van der Waals surface area contributed by atoms with Crippen LogP contribution in [0.5, 0.6) is 5.75 Å². The molecule has 2 heterocycles. The van der Waals surface area contributed by atoms with Crippen molar-refractivity contribution in [2.45, 2.75) is 19.8 Å². The van der Waals surface area contributed by atoms with Gasteiger partial charge in [-0.05, 0) is 49.6 Å². The minimum absolute atomic E-state index is 0.359. The van der Waals surface area contributed by atoms with E-state index in [-0.39, 0.29) is 5.97 Å². The number of esters is 1. The summed E-state index contributed by atoms with van der Waals surface area (Å²) in [6, 6.07) is 18.7. The average molecular weight is 420 g/mol. The largest absolute Gasteiger partial charge is 0.493 e. The van der Waals surface area contributed by atoms with Crippen LogP contribution in [0.3, 0.4) is 0 Å². The number of aromatic nitrogens is 1. The predicted octanol–water partition coefficient (Wildman–Crippen LogP) is 5.08. The molecule has 1 aliphatic rings. The van der Waals surface area contributed by atoms with Crippen molar-refractivity contribution in [3.63, 3.8) is 0 Å². The van der Waals surface area contributed by atoms with E-state index in [1.54, 1.807) is 25.5 Å². The van der Waals surface area contributed by atoms with E-state index >= 15 is 0 Å². The number of hydrogen-bond donors (Lipinski definition) is 1. The Bertz CT molecular complexity index is 992. The molecule has 1 aromatic heterocycles. The first-order chi connectivity index (χ1) is 15.2. The summed E-state index contributed by atoms with van der Waals surface area (Å²) >= 11 is 0. The number of anilines is 3. The van der Waals surface area contributed by atoms with Crippen molar-refractivity contribution in [2.75, 3.05) is 37.5 Å². The minimum atomic E-state index is -0.359. The molecule has 3 aromatic rings. The number of pyridine rings is 1. The molecule has 2 aromatic carbocycles. The van der Waals surface area contributed by atoms with Crippen molar-refractivity contribution >= 4 is 23.0 Å². The molecule has 0 aliphatic carbocycles. The molecule has 1 N–H and O–H groups in total. The summed E-state index contributed by atoms with van der Waals surface area (Å²) in [5.41, 5.74) is 4.92. The number of benzene rings is 2. The SMILES string of the molecule is CCN(c1ccccc1)c1ccc2c(c1)OCCC2.CNc1cnccc1C(=O)OC. The fraction of sp³-hybridized carbons (Fsp3) is 0.280. The molecular formula is C25H29N3O3. The number of ether oxygens (including phenoxy) is 2. The number of methoxy groups -OCH3 is 1. The van der Waals surface area contributed by atoms with E-state index in [0.717, 1.165) is 31.7 Å². The van der Waals surface area contributed by atoms with Gasteiger partial charge in [0.15, 0.2) is 0 Å². The van der Waals surface area contributed by atoms with Crippen LogP contribution in [-0.4, -0.2) is 38.3 Å². The Morgan fingerprint density at radius 3 is 2.68 bits per heavy atom. The zero-order valence-corrected chi connectivity index (χ0v) is 18.3. The number of rotatable bonds is 5. The lowest BCUT2D eigenvalue weighted by molar-refractivity contribution is 0.0601. The number of aryl methyl sites for hydroxylation is 1. The Morgan fingerprint density at radius 1 is 1.16 bits per heavy atom. The number of carbonyl (C=O) groups is 1. The summed E-state index contributed by atoms with van der Waals surface area (Å²) in [6.07, 6.45) is 5.38. The van der Waals surface area contributed by atoms with Gasteiger partial charge >= 0.3 is 5.97 Å². The Hall–Kier alpha value is -3.54. The number of para-hydroxylation sites is 1. The molecule has 0 radical (unpaired) electrons. The Morgan fingerprint density at radius 2 is 1.97 bits per heavy atom. The van der Waals surface area contributed by atoms with Crippen LogP contribution in [0.15, 0.2) is 67.0 Å². The molecule has 31 heavy (non-hydrogen) atoms. The third-order valence-electron chi connectivity index (χ3n) is 5.09. The lowest BCUT2D eigenvalue weighted by Crippen LogP contribution is -2.17. The molecule has 0 saturated heterocycles. The number of hydrogen-bond acceptors (Lipinski definition) is 6. The molecule has 0 bridgehead atoms. The van der Waals surface area contributed by atoms with Crippen LogP contribution < -0.4 is 15.0 Å². The number of nitrogens with zero attached hydrogens (tertiary/aromatic N) is 2. The standard InChI is InChI=1S/C17H19NO.C8H10N2O2/c1-2-18(15-8-4-3-5-9-15)16-11-10-14-7-6-12-19-17(14)13-16;1-9-7-5-10-4-3-6(7)8(11)12-2/h3-5,8-11,13H,2,6-7,12H2,1H3;3-5,9H,1-2H3. The van der Waals surface area contributed by atoms with Crippen LogP contribution in [0.4, 0.5) is 17.1 Å². The third-order valence-corrected chi connectivity index (χ3v) is 5.09. The zero-order valence-electron chi connectivity index (χ0n) is 18.3. The highest BCUT2D eigenvalue weighted by Crippen LogP contribution is 2.32. The molecule has 0 spiro atoms. The van der Waals surface area contributed by atoms with Gasteiger partial charge in [0.25, 0.3) is 0 Å². The van der Waals surface area contributed by atoms with Gasteiger partial charge in [-0.1, -0.05) is 24.3 Å². The second-order valence-corrected chi connectivity index (χ2v) is 6.99. The van der Waals surface area contributed by atoms with Gasteiger partial charge in [-0.2, -0.15) is 0 Å². The van der Waals surface area contributed by atoms with Crippen molar-refractivity contribution in [1.82, 2.24) is 4.98 Å². The monoisotopic (exact) mass is 419 g/mol. The quantitative estimate of drug-likeness (QED) is 0.582. The van der Waals surface area contributed by atoms with Gasteiger partial charge < -0.3 is 19.7 Å². The average Bonchev–Trinajstić information content (AvgIpc) is 2.85. The molecule has 6 heteroatoms. The molecule has 162 valence electrons. The van der Waals surface area contributed by atoms with E-state index in [0.29, 0.717) is 11.3 Å². The topological polar surface area (TPSA) is 63.7 Å². The summed E-state index contributed by atoms with van der Waals surface area (Å²) in [5, 5.41) is 2.85. The van der Waals surface area contributed by atoms with Crippen molar-refractivity contribution in [1.29, 1.82) is 0 Å². The fourth-order valence-corrected chi connectivity index (χ4v) is 3.50. The van der Waals surface area contributed by atoms with E-state index in [1.807, 2.05) is 6.07 Å². The summed E-state index contributed by atoms with van der Waals surface area (Å²) in [6.45, 7) is 3.96. The van der Waals surface area contributed by atoms with Crippen molar-refractivity contribution in [3.8, 4) is 5.75 Å². The van der Waals surface area contributed by atoms with Gasteiger partial charge in [0.05, 0.1) is 31.2 Å². The van der Waals surface area contributed by atoms with Crippen LogP contribution in [0.2, 0.25) is 0 Å². The highest BCUT2D eigenvalue weighted by molar-refractivity contribution is 5.95. The molecule has 0 unspecified atom stereocenters. The Balaban J connectivity index is 0.000000196. The van der Waals surface area contributed by atoms with Gasteiger partial charge in [0, 0.05) is 37.2 Å². The number of fused-ring (bicyclic) bond motifs is 1. The van der Waals surface area contributed by atoms with E-state index in [4.69, 9.17) is 4.74 Å². The summed E-state index contributed by atoms with van der Waals surface area (Å²) in [5.74, 6) is 0.694. The lowest BCUT2D eigenvalue weighted by atomic mass is 10.1. The molecule has 4 rings (SSSR count). The highest BCUT2D eigenvalue weighted by atomic mass is 16.5. The molecule has 1 aliphatic heterocycles. The maximum Gasteiger partial charge on any atom is 0.340 e. The summed E-state index contributed by atoms with van der Waals surface area (Å²) < 4.78 is 10.3. The van der Waals surface area contributed by atoms with Gasteiger partial charge in [0.1, 0.15) is 5.75 Å². The molecule has 6 nitrogen and oxygen atoms in total. The van der Waals surface area contributed by atoms with Crippen molar-refractivity contribution in [3.05, 3.63) is 78.1 Å². The zero-order chi connectivity index (χ0) is 22.1. The van der Waals surface area contributed by atoms with Gasteiger partial charge in [-0.15, -0.1) is 0 Å². The van der Waals surface area contributed by atoms with Crippen molar-refractivity contribution < 1.29 is 14.3 Å². The van der Waals surface area contributed by atoms with E-state index in [1.165, 1.54) is 24.0 Å². The molecule has 0 fully saturated rings. The molecule has 0 amide bonds. The normalized spacial score (nSPS) is 11.8. The number of nitrogens with one attached hydrogen (secondary N) is 1. The maximum absolute atomic E-state index is 11.1.